The molecule has 1 aliphatic rings. The minimum absolute atomic E-state index is 0.0229. The maximum atomic E-state index is 12.8. The molecule has 0 aliphatic carbocycles. The highest BCUT2D eigenvalue weighted by Crippen LogP contribution is 2.27. The summed E-state index contributed by atoms with van der Waals surface area (Å²) in [5.74, 6) is -0.828. The van der Waals surface area contributed by atoms with Gasteiger partial charge < -0.3 is 20.9 Å². The summed E-state index contributed by atoms with van der Waals surface area (Å²) in [6, 6.07) is 6.42. The number of nitrogens with one attached hydrogen (secondary N) is 1. The molecule has 1 aromatic rings. The van der Waals surface area contributed by atoms with Crippen LogP contribution in [0.1, 0.15) is 25.8 Å². The molecule has 0 aromatic heterocycles. The van der Waals surface area contributed by atoms with Crippen molar-refractivity contribution in [1.29, 1.82) is 0 Å². The fourth-order valence-electron chi connectivity index (χ4n) is 2.91. The van der Waals surface area contributed by atoms with Crippen LogP contribution in [0, 0.1) is 5.92 Å². The van der Waals surface area contributed by atoms with Gasteiger partial charge in [-0.05, 0) is 17.5 Å². The number of rotatable bonds is 4. The molecule has 2 atom stereocenters. The second kappa shape index (κ2) is 7.33. The third-order valence-electron chi connectivity index (χ3n) is 4.37. The molecule has 3 N–H and O–H groups in total. The van der Waals surface area contributed by atoms with Gasteiger partial charge in [0, 0.05) is 12.7 Å². The van der Waals surface area contributed by atoms with Crippen molar-refractivity contribution >= 4 is 23.5 Å². The molecule has 7 heteroatoms. The van der Waals surface area contributed by atoms with Crippen molar-refractivity contribution < 1.29 is 14.4 Å². The minimum atomic E-state index is -0.606. The Morgan fingerprint density at radius 3 is 2.71 bits per heavy atom. The first kappa shape index (κ1) is 17.8. The fraction of sp³-hybridized carbons (Fsp3) is 0.471. The van der Waals surface area contributed by atoms with E-state index in [2.05, 4.69) is 5.32 Å². The summed E-state index contributed by atoms with van der Waals surface area (Å²) < 4.78 is 0. The van der Waals surface area contributed by atoms with Crippen molar-refractivity contribution in [2.24, 2.45) is 11.7 Å². The summed E-state index contributed by atoms with van der Waals surface area (Å²) in [5.41, 5.74) is 6.76. The van der Waals surface area contributed by atoms with E-state index in [4.69, 9.17) is 5.73 Å². The standard InChI is InChI=1S/C17H24N4O3/c1-4-11(2)15-16(23)19-13-8-6-5-7-12(13)9-21(15)17(24)20(3)10-14(18)22/h5-8,11,15H,4,9-10H2,1-3H3,(H2,18,22)(H,19,23)/t11-,15-/m0/s1. The quantitative estimate of drug-likeness (QED) is 0.872. The molecule has 0 radical (unpaired) electrons. The van der Waals surface area contributed by atoms with E-state index in [0.717, 1.165) is 12.0 Å². The smallest absolute Gasteiger partial charge is 0.321 e. The molecule has 0 saturated carbocycles. The first-order valence-electron chi connectivity index (χ1n) is 8.04. The zero-order valence-electron chi connectivity index (χ0n) is 14.3. The van der Waals surface area contributed by atoms with Gasteiger partial charge in [0.1, 0.15) is 12.6 Å². The van der Waals surface area contributed by atoms with Crippen LogP contribution in [-0.4, -0.2) is 47.3 Å². The Kier molecular flexibility index (Phi) is 5.43. The minimum Gasteiger partial charge on any atom is -0.368 e. The van der Waals surface area contributed by atoms with Gasteiger partial charge in [0.25, 0.3) is 0 Å². The average Bonchev–Trinajstić information content (AvgIpc) is 2.68. The lowest BCUT2D eigenvalue weighted by molar-refractivity contribution is -0.122. The SMILES string of the molecule is CC[C@H](C)[C@H]1C(=O)Nc2ccccc2CN1C(=O)N(C)CC(N)=O. The normalized spacial score (nSPS) is 18.2. The Hall–Kier alpha value is -2.57. The fourth-order valence-corrected chi connectivity index (χ4v) is 2.91. The van der Waals surface area contributed by atoms with Crippen molar-refractivity contribution in [3.05, 3.63) is 29.8 Å². The number of carbonyl (C=O) groups excluding carboxylic acids is 3. The van der Waals surface area contributed by atoms with E-state index >= 15 is 0 Å². The molecular weight excluding hydrogens is 308 g/mol. The topological polar surface area (TPSA) is 95.7 Å². The molecule has 0 spiro atoms. The van der Waals surface area contributed by atoms with Crippen molar-refractivity contribution in [1.82, 2.24) is 9.80 Å². The molecule has 1 aliphatic heterocycles. The van der Waals surface area contributed by atoms with Gasteiger partial charge in [0.2, 0.25) is 11.8 Å². The summed E-state index contributed by atoms with van der Waals surface area (Å²) in [4.78, 5) is 39.5. The lowest BCUT2D eigenvalue weighted by atomic mass is 9.97. The molecule has 130 valence electrons. The van der Waals surface area contributed by atoms with Crippen LogP contribution in [0.3, 0.4) is 0 Å². The first-order chi connectivity index (χ1) is 11.3. The first-order valence-corrected chi connectivity index (χ1v) is 8.04. The predicted octanol–water partition coefficient (Wildman–Crippen LogP) is 1.39. The number of carbonyl (C=O) groups is 3. The van der Waals surface area contributed by atoms with Crippen molar-refractivity contribution in [3.8, 4) is 0 Å². The number of amides is 4. The number of likely N-dealkylation sites (N-methyl/N-ethyl adjacent to an activating group) is 1. The monoisotopic (exact) mass is 332 g/mol. The number of urea groups is 1. The van der Waals surface area contributed by atoms with Gasteiger partial charge in [-0.2, -0.15) is 0 Å². The van der Waals surface area contributed by atoms with Crippen LogP contribution in [0.15, 0.2) is 24.3 Å². The Morgan fingerprint density at radius 1 is 1.42 bits per heavy atom. The Bertz CT molecular complexity index is 646. The summed E-state index contributed by atoms with van der Waals surface area (Å²) in [5, 5.41) is 2.91. The van der Waals surface area contributed by atoms with Crippen LogP contribution < -0.4 is 11.1 Å². The van der Waals surface area contributed by atoms with Crippen LogP contribution in [0.4, 0.5) is 10.5 Å². The number of nitrogens with two attached hydrogens (primary N) is 1. The largest absolute Gasteiger partial charge is 0.368 e. The Balaban J connectivity index is 2.40. The second-order valence-corrected chi connectivity index (χ2v) is 6.21. The van der Waals surface area contributed by atoms with E-state index < -0.39 is 11.9 Å². The molecule has 1 aromatic carbocycles. The molecule has 24 heavy (non-hydrogen) atoms. The van der Waals surface area contributed by atoms with Crippen molar-refractivity contribution in [3.63, 3.8) is 0 Å². The molecule has 0 fully saturated rings. The Labute approximate surface area is 141 Å². The third-order valence-corrected chi connectivity index (χ3v) is 4.37. The molecule has 7 nitrogen and oxygen atoms in total. The molecule has 0 unspecified atom stereocenters. The zero-order chi connectivity index (χ0) is 17.9. The van der Waals surface area contributed by atoms with Gasteiger partial charge in [-0.1, -0.05) is 38.5 Å². The van der Waals surface area contributed by atoms with E-state index in [1.807, 2.05) is 38.1 Å². The summed E-state index contributed by atoms with van der Waals surface area (Å²) >= 11 is 0. The number of hydrogen-bond acceptors (Lipinski definition) is 3. The summed E-state index contributed by atoms with van der Waals surface area (Å²) in [6.45, 7) is 4.03. The van der Waals surface area contributed by atoms with Crippen molar-refractivity contribution in [2.75, 3.05) is 18.9 Å². The number of para-hydroxylation sites is 1. The maximum Gasteiger partial charge on any atom is 0.321 e. The number of primary amides is 1. The molecule has 2 rings (SSSR count). The van der Waals surface area contributed by atoms with E-state index in [1.54, 1.807) is 0 Å². The summed E-state index contributed by atoms with van der Waals surface area (Å²) in [6.07, 6.45) is 0.748. The maximum absolute atomic E-state index is 12.8. The number of hydrogen-bond donors (Lipinski definition) is 2. The molecule has 1 heterocycles. The van der Waals surface area contributed by atoms with Crippen LogP contribution in [0.5, 0.6) is 0 Å². The lowest BCUT2D eigenvalue weighted by Crippen LogP contribution is -2.53. The van der Waals surface area contributed by atoms with Crippen LogP contribution >= 0.6 is 0 Å². The van der Waals surface area contributed by atoms with Gasteiger partial charge in [0.05, 0.1) is 6.54 Å². The van der Waals surface area contributed by atoms with E-state index in [9.17, 15) is 14.4 Å². The van der Waals surface area contributed by atoms with Gasteiger partial charge in [-0.25, -0.2) is 4.79 Å². The highest BCUT2D eigenvalue weighted by molar-refractivity contribution is 5.99. The molecule has 0 saturated heterocycles. The zero-order valence-corrected chi connectivity index (χ0v) is 14.3. The van der Waals surface area contributed by atoms with Crippen LogP contribution in [0.25, 0.3) is 0 Å². The average molecular weight is 332 g/mol. The van der Waals surface area contributed by atoms with Crippen LogP contribution in [0.2, 0.25) is 0 Å². The van der Waals surface area contributed by atoms with E-state index in [0.29, 0.717) is 12.2 Å². The predicted molar refractivity (Wildman–Crippen MR) is 91.1 cm³/mol. The second-order valence-electron chi connectivity index (χ2n) is 6.21. The third kappa shape index (κ3) is 3.67. The summed E-state index contributed by atoms with van der Waals surface area (Å²) in [7, 11) is 1.51. The van der Waals surface area contributed by atoms with E-state index in [1.165, 1.54) is 16.8 Å². The van der Waals surface area contributed by atoms with Crippen LogP contribution in [-0.2, 0) is 16.1 Å². The van der Waals surface area contributed by atoms with E-state index in [-0.39, 0.29) is 24.4 Å². The molecular formula is C17H24N4O3. The number of anilines is 1. The molecule has 4 amide bonds. The van der Waals surface area contributed by atoms with Gasteiger partial charge >= 0.3 is 6.03 Å². The Morgan fingerprint density at radius 2 is 2.08 bits per heavy atom. The molecule has 0 bridgehead atoms. The highest BCUT2D eigenvalue weighted by atomic mass is 16.2. The number of nitrogens with zero attached hydrogens (tertiary/aromatic N) is 2. The van der Waals surface area contributed by atoms with Crippen molar-refractivity contribution in [2.45, 2.75) is 32.9 Å². The van der Waals surface area contributed by atoms with Gasteiger partial charge in [0.15, 0.2) is 0 Å². The lowest BCUT2D eigenvalue weighted by Gasteiger charge is -2.34. The van der Waals surface area contributed by atoms with Gasteiger partial charge in [-0.15, -0.1) is 0 Å². The number of fused-ring (bicyclic) bond motifs is 1. The van der Waals surface area contributed by atoms with Gasteiger partial charge in [-0.3, -0.25) is 9.59 Å². The number of benzene rings is 1. The highest BCUT2D eigenvalue weighted by Gasteiger charge is 2.37.